The number of ether oxygens (including phenoxy) is 1. The van der Waals surface area contributed by atoms with Crippen molar-refractivity contribution in [3.63, 3.8) is 0 Å². The molecule has 1 aromatic rings. The number of esters is 1. The van der Waals surface area contributed by atoms with Gasteiger partial charge in [0.1, 0.15) is 5.60 Å². The Balaban J connectivity index is 1.92. The molecule has 0 radical (unpaired) electrons. The number of hydrogen-bond acceptors (Lipinski definition) is 3. The number of aryl methyl sites for hydroxylation is 1. The molecule has 114 valence electrons. The van der Waals surface area contributed by atoms with Crippen molar-refractivity contribution in [1.82, 2.24) is 0 Å². The van der Waals surface area contributed by atoms with E-state index in [4.69, 9.17) is 4.74 Å². The highest BCUT2D eigenvalue weighted by Gasteiger charge is 2.51. The Morgan fingerprint density at radius 1 is 1.19 bits per heavy atom. The highest BCUT2D eigenvalue weighted by Crippen LogP contribution is 2.48. The molecule has 21 heavy (non-hydrogen) atoms. The molecule has 0 amide bonds. The second-order valence-corrected chi connectivity index (χ2v) is 6.67. The average molecular weight is 290 g/mol. The lowest BCUT2D eigenvalue weighted by Crippen LogP contribution is -2.24. The Kier molecular flexibility index (Phi) is 4.08. The van der Waals surface area contributed by atoms with E-state index in [0.717, 1.165) is 11.1 Å². The fourth-order valence-corrected chi connectivity index (χ4v) is 2.38. The molecule has 1 aromatic carbocycles. The van der Waals surface area contributed by atoms with Crippen LogP contribution in [0, 0.1) is 0 Å². The molecule has 0 atom stereocenters. The Bertz CT molecular complexity index is 533. The molecule has 0 unspecified atom stereocenters. The summed E-state index contributed by atoms with van der Waals surface area (Å²) in [6, 6.07) is 7.54. The maximum Gasteiger partial charge on any atom is 0.314 e. The van der Waals surface area contributed by atoms with E-state index in [0.29, 0.717) is 25.7 Å². The van der Waals surface area contributed by atoms with Gasteiger partial charge in [0.15, 0.2) is 0 Å². The van der Waals surface area contributed by atoms with E-state index in [-0.39, 0.29) is 5.97 Å². The van der Waals surface area contributed by atoms with Crippen LogP contribution in [0.25, 0.3) is 0 Å². The first-order valence-electron chi connectivity index (χ1n) is 7.28. The van der Waals surface area contributed by atoms with Crippen LogP contribution in [0.3, 0.4) is 0 Å². The zero-order chi connectivity index (χ0) is 15.7. The molecule has 0 saturated heterocycles. The maximum atomic E-state index is 11.7. The minimum atomic E-state index is -0.746. The van der Waals surface area contributed by atoms with Gasteiger partial charge >= 0.3 is 11.9 Å². The molecule has 0 aromatic heterocycles. The van der Waals surface area contributed by atoms with Gasteiger partial charge in [0.2, 0.25) is 0 Å². The zero-order valence-corrected chi connectivity index (χ0v) is 12.8. The highest BCUT2D eigenvalue weighted by atomic mass is 16.6. The van der Waals surface area contributed by atoms with Crippen molar-refractivity contribution in [2.75, 3.05) is 0 Å². The smallest absolute Gasteiger partial charge is 0.314 e. The van der Waals surface area contributed by atoms with Gasteiger partial charge in [-0.25, -0.2) is 0 Å². The number of hydrogen-bond donors (Lipinski definition) is 1. The standard InChI is InChI=1S/C17H22O4/c1-16(2,3)21-14(18)9-6-12-4-7-13(8-5-12)17(10-11-17)15(19)20/h4-5,7-8H,6,9-11H2,1-3H3,(H,19,20). The summed E-state index contributed by atoms with van der Waals surface area (Å²) in [4.78, 5) is 22.9. The molecule has 0 aliphatic heterocycles. The van der Waals surface area contributed by atoms with Crippen LogP contribution in [-0.4, -0.2) is 22.6 Å². The first-order valence-corrected chi connectivity index (χ1v) is 7.28. The molecule has 2 rings (SSSR count). The molecular weight excluding hydrogens is 268 g/mol. The molecule has 0 spiro atoms. The summed E-state index contributed by atoms with van der Waals surface area (Å²) in [5.74, 6) is -0.959. The first kappa shape index (κ1) is 15.5. The zero-order valence-electron chi connectivity index (χ0n) is 12.8. The largest absolute Gasteiger partial charge is 0.481 e. The number of carboxylic acid groups (broad SMARTS) is 1. The van der Waals surface area contributed by atoms with Crippen LogP contribution in [0.15, 0.2) is 24.3 Å². The fraction of sp³-hybridized carbons (Fsp3) is 0.529. The van der Waals surface area contributed by atoms with Crippen LogP contribution in [-0.2, 0) is 26.2 Å². The van der Waals surface area contributed by atoms with Crippen molar-refractivity contribution in [1.29, 1.82) is 0 Å². The van der Waals surface area contributed by atoms with Gasteiger partial charge in [0, 0.05) is 6.42 Å². The predicted octanol–water partition coefficient (Wildman–Crippen LogP) is 3.08. The van der Waals surface area contributed by atoms with E-state index >= 15 is 0 Å². The maximum absolute atomic E-state index is 11.7. The molecule has 1 aliphatic rings. The molecule has 1 fully saturated rings. The summed E-state index contributed by atoms with van der Waals surface area (Å²) in [5.41, 5.74) is 0.756. The summed E-state index contributed by atoms with van der Waals surface area (Å²) < 4.78 is 5.26. The summed E-state index contributed by atoms with van der Waals surface area (Å²) in [6.07, 6.45) is 2.36. The van der Waals surface area contributed by atoms with Crippen LogP contribution >= 0.6 is 0 Å². The summed E-state index contributed by atoms with van der Waals surface area (Å²) >= 11 is 0. The van der Waals surface area contributed by atoms with Crippen molar-refractivity contribution in [3.8, 4) is 0 Å². The number of aliphatic carboxylic acids is 1. The molecule has 1 aliphatic carbocycles. The van der Waals surface area contributed by atoms with Crippen molar-refractivity contribution < 1.29 is 19.4 Å². The van der Waals surface area contributed by atoms with Crippen LogP contribution in [0.4, 0.5) is 0 Å². The number of carbonyl (C=O) groups excluding carboxylic acids is 1. The van der Waals surface area contributed by atoms with Crippen molar-refractivity contribution >= 4 is 11.9 Å². The quantitative estimate of drug-likeness (QED) is 0.846. The van der Waals surface area contributed by atoms with E-state index in [9.17, 15) is 14.7 Å². The number of benzene rings is 1. The molecule has 1 saturated carbocycles. The van der Waals surface area contributed by atoms with Gasteiger partial charge in [0.25, 0.3) is 0 Å². The van der Waals surface area contributed by atoms with E-state index < -0.39 is 17.0 Å². The number of rotatable bonds is 5. The third-order valence-corrected chi connectivity index (χ3v) is 3.70. The Labute approximate surface area is 125 Å². The van der Waals surface area contributed by atoms with Gasteiger partial charge < -0.3 is 9.84 Å². The second-order valence-electron chi connectivity index (χ2n) is 6.67. The summed E-state index contributed by atoms with van der Waals surface area (Å²) in [5, 5.41) is 9.25. The van der Waals surface area contributed by atoms with Crippen LogP contribution in [0.5, 0.6) is 0 Å². The lowest BCUT2D eigenvalue weighted by molar-refractivity contribution is -0.154. The minimum absolute atomic E-state index is 0.212. The predicted molar refractivity (Wildman–Crippen MR) is 79.2 cm³/mol. The molecule has 0 bridgehead atoms. The van der Waals surface area contributed by atoms with Crippen molar-refractivity contribution in [3.05, 3.63) is 35.4 Å². The summed E-state index contributed by atoms with van der Waals surface area (Å²) in [7, 11) is 0. The minimum Gasteiger partial charge on any atom is -0.481 e. The van der Waals surface area contributed by atoms with Gasteiger partial charge in [0.05, 0.1) is 5.41 Å². The van der Waals surface area contributed by atoms with Gasteiger partial charge in [-0.2, -0.15) is 0 Å². The van der Waals surface area contributed by atoms with E-state index in [1.54, 1.807) is 0 Å². The molecule has 0 heterocycles. The normalized spacial score (nSPS) is 16.3. The summed E-state index contributed by atoms with van der Waals surface area (Å²) in [6.45, 7) is 5.54. The topological polar surface area (TPSA) is 63.6 Å². The van der Waals surface area contributed by atoms with E-state index in [2.05, 4.69) is 0 Å². The molecular formula is C17H22O4. The van der Waals surface area contributed by atoms with Crippen molar-refractivity contribution in [2.24, 2.45) is 0 Å². The van der Waals surface area contributed by atoms with E-state index in [1.165, 1.54) is 0 Å². The Morgan fingerprint density at radius 2 is 1.76 bits per heavy atom. The second kappa shape index (κ2) is 5.51. The SMILES string of the molecule is CC(C)(C)OC(=O)CCc1ccc(C2(C(=O)O)CC2)cc1. The lowest BCUT2D eigenvalue weighted by atomic mass is 9.94. The Morgan fingerprint density at radius 3 is 2.19 bits per heavy atom. The van der Waals surface area contributed by atoms with Crippen LogP contribution in [0.2, 0.25) is 0 Å². The van der Waals surface area contributed by atoms with Crippen LogP contribution < -0.4 is 0 Å². The fourth-order valence-electron chi connectivity index (χ4n) is 2.38. The lowest BCUT2D eigenvalue weighted by Gasteiger charge is -2.19. The Hall–Kier alpha value is -1.84. The van der Waals surface area contributed by atoms with E-state index in [1.807, 2.05) is 45.0 Å². The van der Waals surface area contributed by atoms with Gasteiger partial charge in [-0.1, -0.05) is 24.3 Å². The highest BCUT2D eigenvalue weighted by molar-refractivity contribution is 5.84. The number of carbonyl (C=O) groups is 2. The van der Waals surface area contributed by atoms with Gasteiger partial charge in [-0.05, 0) is 51.2 Å². The average Bonchev–Trinajstić information content (AvgIpc) is 3.16. The molecule has 4 nitrogen and oxygen atoms in total. The third-order valence-electron chi connectivity index (χ3n) is 3.70. The van der Waals surface area contributed by atoms with Gasteiger partial charge in [-0.15, -0.1) is 0 Å². The number of carboxylic acids is 1. The molecule has 4 heteroatoms. The van der Waals surface area contributed by atoms with Crippen LogP contribution in [0.1, 0.15) is 51.2 Å². The molecule has 1 N–H and O–H groups in total. The third kappa shape index (κ3) is 3.84. The monoisotopic (exact) mass is 290 g/mol. The van der Waals surface area contributed by atoms with Gasteiger partial charge in [-0.3, -0.25) is 9.59 Å². The first-order chi connectivity index (χ1) is 9.73. The van der Waals surface area contributed by atoms with Crippen molar-refractivity contribution in [2.45, 2.75) is 57.5 Å².